The Hall–Kier alpha value is -1.76. The molecule has 0 radical (unpaired) electrons. The number of pyridine rings is 1. The van der Waals surface area contributed by atoms with E-state index in [9.17, 15) is 0 Å². The molecule has 2 aliphatic rings. The summed E-state index contributed by atoms with van der Waals surface area (Å²) in [6.45, 7) is 2.10. The van der Waals surface area contributed by atoms with Crippen molar-refractivity contribution in [2.45, 2.75) is 19.3 Å². The number of hydrogen-bond donors (Lipinski definition) is 1. The predicted octanol–water partition coefficient (Wildman–Crippen LogP) is 1.77. The average Bonchev–Trinajstić information content (AvgIpc) is 2.89. The standard InChI is InChI=1S/C13H16N4/c14-6-9-4-5-16-13(12(9)15)17-7-10-2-1-3-11(10)8-17/h4-5,10-11H,1-3,7-8,15H2. The highest BCUT2D eigenvalue weighted by Gasteiger charge is 2.37. The zero-order chi connectivity index (χ0) is 11.8. The van der Waals surface area contributed by atoms with Crippen LogP contribution in [0.5, 0.6) is 0 Å². The smallest absolute Gasteiger partial charge is 0.153 e. The van der Waals surface area contributed by atoms with Crippen molar-refractivity contribution in [1.82, 2.24) is 4.98 Å². The van der Waals surface area contributed by atoms with Gasteiger partial charge in [-0.1, -0.05) is 6.42 Å². The molecule has 2 atom stereocenters. The van der Waals surface area contributed by atoms with Crippen LogP contribution in [-0.2, 0) is 0 Å². The maximum absolute atomic E-state index is 8.97. The lowest BCUT2D eigenvalue weighted by molar-refractivity contribution is 0.494. The molecule has 1 aromatic rings. The van der Waals surface area contributed by atoms with Crippen molar-refractivity contribution in [3.05, 3.63) is 17.8 Å². The van der Waals surface area contributed by atoms with E-state index in [2.05, 4.69) is 16.0 Å². The Morgan fingerprint density at radius 3 is 2.71 bits per heavy atom. The van der Waals surface area contributed by atoms with E-state index in [0.717, 1.165) is 30.7 Å². The molecular formula is C13H16N4. The summed E-state index contributed by atoms with van der Waals surface area (Å²) in [4.78, 5) is 6.60. The predicted molar refractivity (Wildman–Crippen MR) is 66.4 cm³/mol. The highest BCUT2D eigenvalue weighted by molar-refractivity contribution is 5.70. The van der Waals surface area contributed by atoms with Crippen molar-refractivity contribution < 1.29 is 0 Å². The van der Waals surface area contributed by atoms with E-state index in [-0.39, 0.29) is 0 Å². The molecule has 0 bridgehead atoms. The second-order valence-electron chi connectivity index (χ2n) is 5.06. The fourth-order valence-electron chi connectivity index (χ4n) is 3.22. The van der Waals surface area contributed by atoms with Crippen molar-refractivity contribution in [2.24, 2.45) is 11.8 Å². The first-order valence-corrected chi connectivity index (χ1v) is 6.19. The van der Waals surface area contributed by atoms with Gasteiger partial charge in [0.05, 0.1) is 11.3 Å². The van der Waals surface area contributed by atoms with Gasteiger partial charge in [-0.25, -0.2) is 4.98 Å². The summed E-state index contributed by atoms with van der Waals surface area (Å²) in [6, 6.07) is 3.79. The number of nitrogen functional groups attached to an aromatic ring is 1. The molecule has 2 unspecified atom stereocenters. The molecule has 2 N–H and O–H groups in total. The molecule has 0 amide bonds. The van der Waals surface area contributed by atoms with Crippen molar-refractivity contribution in [3.8, 4) is 6.07 Å². The Morgan fingerprint density at radius 2 is 2.06 bits per heavy atom. The maximum Gasteiger partial charge on any atom is 0.153 e. The van der Waals surface area contributed by atoms with Crippen LogP contribution in [0.2, 0.25) is 0 Å². The van der Waals surface area contributed by atoms with E-state index < -0.39 is 0 Å². The highest BCUT2D eigenvalue weighted by atomic mass is 15.2. The second kappa shape index (κ2) is 3.92. The molecule has 0 aromatic carbocycles. The van der Waals surface area contributed by atoms with Crippen LogP contribution in [-0.4, -0.2) is 18.1 Å². The van der Waals surface area contributed by atoms with Crippen LogP contribution in [0.4, 0.5) is 11.5 Å². The SMILES string of the molecule is N#Cc1ccnc(N2CC3CCCC3C2)c1N. The normalized spacial score (nSPS) is 26.9. The third kappa shape index (κ3) is 1.62. The molecule has 1 saturated carbocycles. The number of anilines is 2. The molecule has 88 valence electrons. The van der Waals surface area contributed by atoms with Gasteiger partial charge in [0.2, 0.25) is 0 Å². The quantitative estimate of drug-likeness (QED) is 0.795. The first-order valence-electron chi connectivity index (χ1n) is 6.19. The van der Waals surface area contributed by atoms with Gasteiger partial charge < -0.3 is 10.6 Å². The van der Waals surface area contributed by atoms with Gasteiger partial charge in [-0.05, 0) is 30.7 Å². The molecule has 17 heavy (non-hydrogen) atoms. The molecule has 4 heteroatoms. The Kier molecular flexibility index (Phi) is 2.40. The fourth-order valence-corrected chi connectivity index (χ4v) is 3.22. The molecule has 1 aliphatic heterocycles. The average molecular weight is 228 g/mol. The number of aromatic nitrogens is 1. The molecular weight excluding hydrogens is 212 g/mol. The first kappa shape index (κ1) is 10.4. The molecule has 1 aromatic heterocycles. The van der Waals surface area contributed by atoms with Gasteiger partial charge in [-0.15, -0.1) is 0 Å². The lowest BCUT2D eigenvalue weighted by Gasteiger charge is -2.20. The molecule has 2 fully saturated rings. The molecule has 2 heterocycles. The number of nitriles is 1. The van der Waals surface area contributed by atoms with Gasteiger partial charge in [0, 0.05) is 19.3 Å². The third-order valence-corrected chi connectivity index (χ3v) is 4.12. The van der Waals surface area contributed by atoms with Crippen LogP contribution < -0.4 is 10.6 Å². The summed E-state index contributed by atoms with van der Waals surface area (Å²) in [5, 5.41) is 8.97. The summed E-state index contributed by atoms with van der Waals surface area (Å²) < 4.78 is 0. The molecule has 1 saturated heterocycles. The lowest BCUT2D eigenvalue weighted by Crippen LogP contribution is -2.23. The van der Waals surface area contributed by atoms with Crippen molar-refractivity contribution in [3.63, 3.8) is 0 Å². The minimum absolute atomic E-state index is 0.534. The second-order valence-corrected chi connectivity index (χ2v) is 5.06. The van der Waals surface area contributed by atoms with Crippen LogP contribution in [0.15, 0.2) is 12.3 Å². The van der Waals surface area contributed by atoms with Gasteiger partial charge in [-0.2, -0.15) is 5.26 Å². The first-order chi connectivity index (χ1) is 8.29. The van der Waals surface area contributed by atoms with Gasteiger partial charge in [0.25, 0.3) is 0 Å². The van der Waals surface area contributed by atoms with Crippen molar-refractivity contribution in [1.29, 1.82) is 5.26 Å². The zero-order valence-corrected chi connectivity index (χ0v) is 9.76. The summed E-state index contributed by atoms with van der Waals surface area (Å²) in [5.74, 6) is 2.42. The van der Waals surface area contributed by atoms with E-state index in [1.165, 1.54) is 19.3 Å². The largest absolute Gasteiger partial charge is 0.395 e. The summed E-state index contributed by atoms with van der Waals surface area (Å²) in [5.41, 5.74) is 7.07. The van der Waals surface area contributed by atoms with Crippen LogP contribution in [0.3, 0.4) is 0 Å². The van der Waals surface area contributed by atoms with E-state index in [1.807, 2.05) is 0 Å². The number of rotatable bonds is 1. The monoisotopic (exact) mass is 228 g/mol. The van der Waals surface area contributed by atoms with Gasteiger partial charge in [-0.3, -0.25) is 0 Å². The topological polar surface area (TPSA) is 65.9 Å². The van der Waals surface area contributed by atoms with E-state index >= 15 is 0 Å². The number of nitrogens with two attached hydrogens (primary N) is 1. The molecule has 4 nitrogen and oxygen atoms in total. The Balaban J connectivity index is 1.89. The maximum atomic E-state index is 8.97. The Morgan fingerprint density at radius 1 is 1.35 bits per heavy atom. The lowest BCUT2D eigenvalue weighted by atomic mass is 10.0. The minimum atomic E-state index is 0.534. The number of nitrogens with zero attached hydrogens (tertiary/aromatic N) is 3. The van der Waals surface area contributed by atoms with Crippen LogP contribution in [0.1, 0.15) is 24.8 Å². The van der Waals surface area contributed by atoms with E-state index in [1.54, 1.807) is 12.3 Å². The van der Waals surface area contributed by atoms with Gasteiger partial charge >= 0.3 is 0 Å². The summed E-state index contributed by atoms with van der Waals surface area (Å²) in [6.07, 6.45) is 5.71. The summed E-state index contributed by atoms with van der Waals surface area (Å²) in [7, 11) is 0. The Labute approximate surface area is 101 Å². The molecule has 1 aliphatic carbocycles. The zero-order valence-electron chi connectivity index (χ0n) is 9.76. The van der Waals surface area contributed by atoms with Crippen molar-refractivity contribution in [2.75, 3.05) is 23.7 Å². The van der Waals surface area contributed by atoms with Crippen LogP contribution in [0.25, 0.3) is 0 Å². The van der Waals surface area contributed by atoms with Crippen LogP contribution >= 0.6 is 0 Å². The fraction of sp³-hybridized carbons (Fsp3) is 0.538. The van der Waals surface area contributed by atoms with Crippen molar-refractivity contribution >= 4 is 11.5 Å². The van der Waals surface area contributed by atoms with Gasteiger partial charge in [0.15, 0.2) is 5.82 Å². The Bertz CT molecular complexity index is 465. The third-order valence-electron chi connectivity index (χ3n) is 4.12. The van der Waals surface area contributed by atoms with E-state index in [0.29, 0.717) is 11.3 Å². The van der Waals surface area contributed by atoms with Crippen LogP contribution in [0, 0.1) is 23.2 Å². The molecule has 0 spiro atoms. The molecule has 3 rings (SSSR count). The van der Waals surface area contributed by atoms with E-state index in [4.69, 9.17) is 11.0 Å². The van der Waals surface area contributed by atoms with Gasteiger partial charge in [0.1, 0.15) is 6.07 Å². The minimum Gasteiger partial charge on any atom is -0.395 e. The number of fused-ring (bicyclic) bond motifs is 1. The number of hydrogen-bond acceptors (Lipinski definition) is 4. The summed E-state index contributed by atoms with van der Waals surface area (Å²) >= 11 is 0. The highest BCUT2D eigenvalue weighted by Crippen LogP contribution is 2.40.